The smallest absolute Gasteiger partial charge is 0.274 e. The number of anilines is 1. The van der Waals surface area contributed by atoms with Gasteiger partial charge in [-0.15, -0.1) is 0 Å². The van der Waals surface area contributed by atoms with Crippen LogP contribution in [0.15, 0.2) is 47.6 Å². The third-order valence-electron chi connectivity index (χ3n) is 4.89. The molecule has 1 unspecified atom stereocenters. The first-order valence-corrected chi connectivity index (χ1v) is 9.43. The van der Waals surface area contributed by atoms with Crippen molar-refractivity contribution in [3.05, 3.63) is 58.9 Å². The second kappa shape index (κ2) is 7.98. The standard InChI is InChI=1S/C20H22ClN5O2/c1-3-9-20(12(2)17(27)25-19(22)26-20)13-5-4-6-15(10-13)24-18(28)16-8-7-14(21)11-23-16/h4-8,10-12H,3,9H2,1-2H3,(H,24,28)(H3,22,25,26,27)/t12?,20-/m0/s1. The van der Waals surface area contributed by atoms with Gasteiger partial charge in [-0.2, -0.15) is 0 Å². The highest BCUT2D eigenvalue weighted by molar-refractivity contribution is 6.30. The van der Waals surface area contributed by atoms with Gasteiger partial charge in [0, 0.05) is 11.9 Å². The second-order valence-electron chi connectivity index (χ2n) is 6.78. The Morgan fingerprint density at radius 1 is 1.36 bits per heavy atom. The Kier molecular flexibility index (Phi) is 5.65. The molecule has 2 amide bonds. The molecule has 0 saturated carbocycles. The van der Waals surface area contributed by atoms with E-state index < -0.39 is 11.5 Å². The molecule has 3 rings (SSSR count). The summed E-state index contributed by atoms with van der Waals surface area (Å²) in [5, 5.41) is 5.87. The summed E-state index contributed by atoms with van der Waals surface area (Å²) >= 11 is 5.82. The summed E-state index contributed by atoms with van der Waals surface area (Å²) < 4.78 is 0. The third kappa shape index (κ3) is 3.84. The van der Waals surface area contributed by atoms with Crippen LogP contribution in [-0.4, -0.2) is 22.8 Å². The molecule has 1 aliphatic rings. The lowest BCUT2D eigenvalue weighted by Gasteiger charge is -2.38. The number of benzene rings is 1. The number of rotatable bonds is 5. The van der Waals surface area contributed by atoms with E-state index in [2.05, 4.69) is 20.6 Å². The Labute approximate surface area is 168 Å². The van der Waals surface area contributed by atoms with Crippen LogP contribution in [0.3, 0.4) is 0 Å². The molecular formula is C20H22ClN5O2. The first-order valence-electron chi connectivity index (χ1n) is 9.05. The van der Waals surface area contributed by atoms with Gasteiger partial charge in [-0.05, 0) is 36.2 Å². The van der Waals surface area contributed by atoms with Crippen LogP contribution in [-0.2, 0) is 10.3 Å². The average molecular weight is 400 g/mol. The van der Waals surface area contributed by atoms with Crippen molar-refractivity contribution in [1.29, 1.82) is 0 Å². The van der Waals surface area contributed by atoms with Crippen molar-refractivity contribution in [3.8, 4) is 0 Å². The van der Waals surface area contributed by atoms with Gasteiger partial charge in [-0.1, -0.05) is 44.0 Å². The molecule has 0 radical (unpaired) electrons. The average Bonchev–Trinajstić information content (AvgIpc) is 2.66. The minimum Gasteiger partial charge on any atom is -0.370 e. The highest BCUT2D eigenvalue weighted by atomic mass is 35.5. The lowest BCUT2D eigenvalue weighted by Crippen LogP contribution is -2.53. The van der Waals surface area contributed by atoms with Crippen LogP contribution >= 0.6 is 11.6 Å². The molecule has 4 N–H and O–H groups in total. The zero-order valence-electron chi connectivity index (χ0n) is 15.7. The number of carbonyl (C=O) groups is 2. The molecular weight excluding hydrogens is 378 g/mol. The predicted octanol–water partition coefficient (Wildman–Crippen LogP) is 3.06. The van der Waals surface area contributed by atoms with E-state index in [1.165, 1.54) is 6.20 Å². The Balaban J connectivity index is 1.94. The van der Waals surface area contributed by atoms with Gasteiger partial charge < -0.3 is 11.1 Å². The van der Waals surface area contributed by atoms with Crippen molar-refractivity contribution in [2.45, 2.75) is 32.2 Å². The van der Waals surface area contributed by atoms with Crippen molar-refractivity contribution in [1.82, 2.24) is 10.3 Å². The van der Waals surface area contributed by atoms with Gasteiger partial charge in [0.2, 0.25) is 5.91 Å². The molecule has 0 bridgehead atoms. The lowest BCUT2D eigenvalue weighted by molar-refractivity contribution is -0.126. The fourth-order valence-corrected chi connectivity index (χ4v) is 3.59. The summed E-state index contributed by atoms with van der Waals surface area (Å²) in [6.07, 6.45) is 2.89. The summed E-state index contributed by atoms with van der Waals surface area (Å²) in [5.41, 5.74) is 6.75. The first kappa shape index (κ1) is 19.8. The molecule has 2 atom stereocenters. The van der Waals surface area contributed by atoms with Gasteiger partial charge in [-0.3, -0.25) is 14.9 Å². The molecule has 0 aliphatic carbocycles. The monoisotopic (exact) mass is 399 g/mol. The van der Waals surface area contributed by atoms with Crippen LogP contribution in [0.2, 0.25) is 5.02 Å². The highest BCUT2D eigenvalue weighted by Gasteiger charge is 2.44. The molecule has 0 saturated heterocycles. The number of hydrogen-bond acceptors (Lipinski definition) is 5. The van der Waals surface area contributed by atoms with Crippen LogP contribution in [0.4, 0.5) is 5.69 Å². The molecule has 2 aromatic rings. The van der Waals surface area contributed by atoms with Crippen LogP contribution in [0.25, 0.3) is 0 Å². The van der Waals surface area contributed by atoms with Gasteiger partial charge in [0.1, 0.15) is 11.2 Å². The number of aromatic nitrogens is 1. The number of nitrogens with zero attached hydrogens (tertiary/aromatic N) is 2. The van der Waals surface area contributed by atoms with Crippen LogP contribution < -0.4 is 16.4 Å². The van der Waals surface area contributed by atoms with Crippen molar-refractivity contribution < 1.29 is 9.59 Å². The highest BCUT2D eigenvalue weighted by Crippen LogP contribution is 2.41. The Morgan fingerprint density at radius 2 is 2.14 bits per heavy atom. The van der Waals surface area contributed by atoms with Gasteiger partial charge >= 0.3 is 0 Å². The Morgan fingerprint density at radius 3 is 2.82 bits per heavy atom. The van der Waals surface area contributed by atoms with Crippen molar-refractivity contribution in [2.24, 2.45) is 16.6 Å². The maximum Gasteiger partial charge on any atom is 0.274 e. The summed E-state index contributed by atoms with van der Waals surface area (Å²) in [4.78, 5) is 33.5. The van der Waals surface area contributed by atoms with Gasteiger partial charge in [0.15, 0.2) is 5.96 Å². The number of carbonyl (C=O) groups excluding carboxylic acids is 2. The number of pyridine rings is 1. The predicted molar refractivity (Wildman–Crippen MR) is 109 cm³/mol. The first-order chi connectivity index (χ1) is 13.4. The zero-order valence-corrected chi connectivity index (χ0v) is 16.5. The lowest BCUT2D eigenvalue weighted by atomic mass is 9.75. The SMILES string of the molecule is CCC[C@]1(c2cccc(NC(=O)c3ccc(Cl)cn3)c2)N=C(N)NC(=O)C1C. The van der Waals surface area contributed by atoms with E-state index in [-0.39, 0.29) is 23.5 Å². The quantitative estimate of drug-likeness (QED) is 0.717. The van der Waals surface area contributed by atoms with E-state index in [0.29, 0.717) is 17.1 Å². The van der Waals surface area contributed by atoms with E-state index >= 15 is 0 Å². The molecule has 0 fully saturated rings. The number of halogens is 1. The molecule has 1 aliphatic heterocycles. The minimum atomic E-state index is -0.777. The van der Waals surface area contributed by atoms with Crippen LogP contribution in [0, 0.1) is 5.92 Å². The van der Waals surface area contributed by atoms with Crippen molar-refractivity contribution >= 4 is 35.1 Å². The molecule has 146 valence electrons. The molecule has 0 spiro atoms. The fraction of sp³-hybridized carbons (Fsp3) is 0.300. The topological polar surface area (TPSA) is 109 Å². The van der Waals surface area contributed by atoms with Crippen LogP contribution in [0.1, 0.15) is 42.7 Å². The third-order valence-corrected chi connectivity index (χ3v) is 5.12. The molecule has 28 heavy (non-hydrogen) atoms. The summed E-state index contributed by atoms with van der Waals surface area (Å²) in [5.74, 6) is -0.809. The molecule has 1 aromatic carbocycles. The van der Waals surface area contributed by atoms with Gasteiger partial charge in [0.05, 0.1) is 10.9 Å². The summed E-state index contributed by atoms with van der Waals surface area (Å²) in [6, 6.07) is 10.5. The maximum absolute atomic E-state index is 12.5. The van der Waals surface area contributed by atoms with E-state index in [9.17, 15) is 9.59 Å². The number of guanidine groups is 1. The number of hydrogen-bond donors (Lipinski definition) is 3. The van der Waals surface area contributed by atoms with E-state index in [1.807, 2.05) is 32.0 Å². The van der Waals surface area contributed by atoms with Gasteiger partial charge in [-0.25, -0.2) is 9.98 Å². The second-order valence-corrected chi connectivity index (χ2v) is 7.22. The van der Waals surface area contributed by atoms with Crippen LogP contribution in [0.5, 0.6) is 0 Å². The van der Waals surface area contributed by atoms with E-state index in [0.717, 1.165) is 12.0 Å². The Hall–Kier alpha value is -2.93. The fourth-order valence-electron chi connectivity index (χ4n) is 3.47. The molecule has 7 nitrogen and oxygen atoms in total. The number of nitrogens with one attached hydrogen (secondary N) is 2. The van der Waals surface area contributed by atoms with Crippen molar-refractivity contribution in [2.75, 3.05) is 5.32 Å². The van der Waals surface area contributed by atoms with Crippen molar-refractivity contribution in [3.63, 3.8) is 0 Å². The molecule has 2 heterocycles. The number of amides is 2. The van der Waals surface area contributed by atoms with E-state index in [4.69, 9.17) is 17.3 Å². The zero-order chi connectivity index (χ0) is 20.3. The minimum absolute atomic E-state index is 0.108. The number of aliphatic imine (C=N–C) groups is 1. The normalized spacial score (nSPS) is 21.6. The van der Waals surface area contributed by atoms with Gasteiger partial charge in [0.25, 0.3) is 5.91 Å². The number of nitrogens with two attached hydrogens (primary N) is 1. The summed E-state index contributed by atoms with van der Waals surface area (Å²) in [6.45, 7) is 3.87. The maximum atomic E-state index is 12.5. The molecule has 1 aromatic heterocycles. The largest absolute Gasteiger partial charge is 0.370 e. The Bertz CT molecular complexity index is 928. The van der Waals surface area contributed by atoms with E-state index in [1.54, 1.807) is 18.2 Å². The molecule has 8 heteroatoms. The summed E-state index contributed by atoms with van der Waals surface area (Å²) in [7, 11) is 0.